The van der Waals surface area contributed by atoms with Crippen LogP contribution in [0.4, 0.5) is 5.82 Å². The Morgan fingerprint density at radius 2 is 2.18 bits per heavy atom. The van der Waals surface area contributed by atoms with E-state index in [2.05, 4.69) is 11.2 Å². The van der Waals surface area contributed by atoms with E-state index in [0.29, 0.717) is 16.6 Å². The van der Waals surface area contributed by atoms with E-state index >= 15 is 0 Å². The molecule has 0 atom stereocenters. The molecular formula is C11H15ClN4O. The van der Waals surface area contributed by atoms with Crippen molar-refractivity contribution in [2.45, 2.75) is 12.8 Å². The summed E-state index contributed by atoms with van der Waals surface area (Å²) >= 11 is 5.68. The van der Waals surface area contributed by atoms with Crippen LogP contribution in [0.15, 0.2) is 12.3 Å². The van der Waals surface area contributed by atoms with Gasteiger partial charge in [-0.15, -0.1) is 0 Å². The van der Waals surface area contributed by atoms with Gasteiger partial charge in [0.25, 0.3) is 0 Å². The molecule has 0 spiro atoms. The highest BCUT2D eigenvalue weighted by Crippen LogP contribution is 2.26. The Balaban J connectivity index is 0.000000181. The Morgan fingerprint density at radius 3 is 2.59 bits per heavy atom. The number of nitrogens with zero attached hydrogens (tertiary/aromatic N) is 3. The Bertz CT molecular complexity index is 399. The number of hydrogen-bond donors (Lipinski definition) is 1. The second-order valence-corrected chi connectivity index (χ2v) is 3.88. The van der Waals surface area contributed by atoms with E-state index < -0.39 is 0 Å². The van der Waals surface area contributed by atoms with Crippen molar-refractivity contribution in [2.75, 3.05) is 25.9 Å². The third kappa shape index (κ3) is 4.00. The van der Waals surface area contributed by atoms with Gasteiger partial charge in [0.2, 0.25) is 0 Å². The molecule has 1 aromatic rings. The maximum absolute atomic E-state index is 8.24. The van der Waals surface area contributed by atoms with Crippen molar-refractivity contribution in [2.24, 2.45) is 0 Å². The third-order valence-electron chi connectivity index (χ3n) is 2.35. The number of anilines is 1. The van der Waals surface area contributed by atoms with Crippen molar-refractivity contribution in [1.82, 2.24) is 9.88 Å². The summed E-state index contributed by atoms with van der Waals surface area (Å²) in [5.41, 5.74) is 5.37. The summed E-state index contributed by atoms with van der Waals surface area (Å²) in [5.74, 6) is 0.843. The summed E-state index contributed by atoms with van der Waals surface area (Å²) in [5, 5.41) is 8.61. The molecule has 0 unspecified atom stereocenters. The van der Waals surface area contributed by atoms with Gasteiger partial charge in [0.15, 0.2) is 6.19 Å². The van der Waals surface area contributed by atoms with Crippen LogP contribution < -0.4 is 10.5 Å². The van der Waals surface area contributed by atoms with Gasteiger partial charge in [0.1, 0.15) is 16.6 Å². The first-order valence-electron chi connectivity index (χ1n) is 5.27. The molecule has 0 radical (unpaired) electrons. The lowest BCUT2D eigenvalue weighted by molar-refractivity contribution is 0.415. The van der Waals surface area contributed by atoms with Gasteiger partial charge in [-0.25, -0.2) is 4.98 Å². The molecule has 1 aromatic heterocycles. The van der Waals surface area contributed by atoms with E-state index in [0.717, 1.165) is 13.1 Å². The van der Waals surface area contributed by atoms with Gasteiger partial charge >= 0.3 is 0 Å². The van der Waals surface area contributed by atoms with Crippen LogP contribution in [0.25, 0.3) is 0 Å². The first-order valence-corrected chi connectivity index (χ1v) is 5.65. The normalized spacial score (nSPS) is 13.6. The SMILES string of the molecule is COc1ccnc(N)c1Cl.N#CN1CCCC1. The second-order valence-electron chi connectivity index (χ2n) is 3.51. The van der Waals surface area contributed by atoms with Crippen molar-refractivity contribution in [3.8, 4) is 11.9 Å². The van der Waals surface area contributed by atoms with Crippen LogP contribution in [-0.2, 0) is 0 Å². The summed E-state index contributed by atoms with van der Waals surface area (Å²) in [6.07, 6.45) is 6.04. The van der Waals surface area contributed by atoms with E-state index in [1.165, 1.54) is 20.0 Å². The van der Waals surface area contributed by atoms with Crippen molar-refractivity contribution in [1.29, 1.82) is 5.26 Å². The number of nitrogens with two attached hydrogens (primary N) is 1. The van der Waals surface area contributed by atoms with Gasteiger partial charge in [0.05, 0.1) is 7.11 Å². The number of halogens is 1. The molecule has 17 heavy (non-hydrogen) atoms. The van der Waals surface area contributed by atoms with Gasteiger partial charge in [-0.05, 0) is 12.8 Å². The number of ether oxygens (including phenoxy) is 1. The molecule has 2 N–H and O–H groups in total. The van der Waals surface area contributed by atoms with Gasteiger partial charge < -0.3 is 15.4 Å². The van der Waals surface area contributed by atoms with E-state index in [1.807, 2.05) is 0 Å². The van der Waals surface area contributed by atoms with Crippen LogP contribution in [0.5, 0.6) is 5.75 Å². The second kappa shape index (κ2) is 6.81. The third-order valence-corrected chi connectivity index (χ3v) is 2.73. The summed E-state index contributed by atoms with van der Waals surface area (Å²) in [6.45, 7) is 1.97. The quantitative estimate of drug-likeness (QED) is 0.775. The topological polar surface area (TPSA) is 75.2 Å². The fourth-order valence-corrected chi connectivity index (χ4v) is 1.61. The summed E-state index contributed by atoms with van der Waals surface area (Å²) in [4.78, 5) is 5.54. The zero-order valence-electron chi connectivity index (χ0n) is 9.69. The molecular weight excluding hydrogens is 240 g/mol. The minimum Gasteiger partial charge on any atom is -0.495 e. The lowest BCUT2D eigenvalue weighted by Gasteiger charge is -2.02. The Labute approximate surface area is 106 Å². The number of nitrogen functional groups attached to an aromatic ring is 1. The number of rotatable bonds is 1. The average Bonchev–Trinajstić information content (AvgIpc) is 2.86. The fraction of sp³-hybridized carbons (Fsp3) is 0.455. The summed E-state index contributed by atoms with van der Waals surface area (Å²) in [6, 6.07) is 1.65. The van der Waals surface area contributed by atoms with Gasteiger partial charge in [-0.3, -0.25) is 0 Å². The molecule has 1 fully saturated rings. The Kier molecular flexibility index (Phi) is 5.37. The van der Waals surface area contributed by atoms with Gasteiger partial charge in [-0.1, -0.05) is 11.6 Å². The monoisotopic (exact) mass is 254 g/mol. The molecule has 0 amide bonds. The molecule has 1 aliphatic heterocycles. The maximum Gasteiger partial charge on any atom is 0.179 e. The van der Waals surface area contributed by atoms with Crippen LogP contribution in [-0.4, -0.2) is 30.1 Å². The smallest absolute Gasteiger partial charge is 0.179 e. The molecule has 2 heterocycles. The van der Waals surface area contributed by atoms with E-state index in [9.17, 15) is 0 Å². The largest absolute Gasteiger partial charge is 0.495 e. The van der Waals surface area contributed by atoms with E-state index in [-0.39, 0.29) is 0 Å². The lowest BCUT2D eigenvalue weighted by Crippen LogP contribution is -2.10. The minimum atomic E-state index is 0.293. The minimum absolute atomic E-state index is 0.293. The van der Waals surface area contributed by atoms with Crippen molar-refractivity contribution in [3.05, 3.63) is 17.3 Å². The number of aromatic nitrogens is 1. The molecule has 6 heteroatoms. The lowest BCUT2D eigenvalue weighted by atomic mass is 10.4. The highest BCUT2D eigenvalue weighted by Gasteiger charge is 2.06. The first-order chi connectivity index (χ1) is 8.19. The zero-order chi connectivity index (χ0) is 12.7. The molecule has 0 aliphatic carbocycles. The molecule has 1 aliphatic rings. The predicted octanol–water partition coefficient (Wildman–Crippen LogP) is 1.89. The fourth-order valence-electron chi connectivity index (χ4n) is 1.42. The highest BCUT2D eigenvalue weighted by atomic mass is 35.5. The highest BCUT2D eigenvalue weighted by molar-refractivity contribution is 6.34. The average molecular weight is 255 g/mol. The predicted molar refractivity (Wildman–Crippen MR) is 66.6 cm³/mol. The van der Waals surface area contributed by atoms with Crippen LogP contribution in [0.1, 0.15) is 12.8 Å². The van der Waals surface area contributed by atoms with Crippen molar-refractivity contribution >= 4 is 17.4 Å². The molecule has 0 bridgehead atoms. The van der Waals surface area contributed by atoms with Crippen molar-refractivity contribution < 1.29 is 4.74 Å². The zero-order valence-corrected chi connectivity index (χ0v) is 10.4. The van der Waals surface area contributed by atoms with Crippen LogP contribution >= 0.6 is 11.6 Å². The summed E-state index contributed by atoms with van der Waals surface area (Å²) in [7, 11) is 1.53. The van der Waals surface area contributed by atoms with Crippen LogP contribution in [0.3, 0.4) is 0 Å². The first kappa shape index (κ1) is 13.4. The van der Waals surface area contributed by atoms with Gasteiger partial charge in [-0.2, -0.15) is 5.26 Å². The molecule has 0 aromatic carbocycles. The molecule has 92 valence electrons. The number of hydrogen-bond acceptors (Lipinski definition) is 5. The van der Waals surface area contributed by atoms with E-state index in [4.69, 9.17) is 27.3 Å². The standard InChI is InChI=1S/C6H7ClN2O.C5H8N2/c1-10-4-2-3-9-6(8)5(4)7;6-5-7-3-1-2-4-7/h2-3H,1H3,(H2,8,9);1-4H2. The van der Waals surface area contributed by atoms with Gasteiger partial charge in [0, 0.05) is 25.4 Å². The number of pyridine rings is 1. The number of methoxy groups -OCH3 is 1. The molecule has 5 nitrogen and oxygen atoms in total. The summed E-state index contributed by atoms with van der Waals surface area (Å²) < 4.78 is 4.87. The Hall–Kier alpha value is -1.67. The molecule has 0 saturated carbocycles. The van der Waals surface area contributed by atoms with Crippen LogP contribution in [0, 0.1) is 11.5 Å². The molecule has 1 saturated heterocycles. The number of nitriles is 1. The maximum atomic E-state index is 8.24. The van der Waals surface area contributed by atoms with Crippen LogP contribution in [0.2, 0.25) is 5.02 Å². The Morgan fingerprint density at radius 1 is 1.53 bits per heavy atom. The number of likely N-dealkylation sites (tertiary alicyclic amines) is 1. The van der Waals surface area contributed by atoms with Crippen molar-refractivity contribution in [3.63, 3.8) is 0 Å². The molecule has 2 rings (SSSR count). The van der Waals surface area contributed by atoms with E-state index in [1.54, 1.807) is 17.2 Å².